The van der Waals surface area contributed by atoms with E-state index in [0.29, 0.717) is 12.1 Å². The van der Waals surface area contributed by atoms with Gasteiger partial charge in [0.15, 0.2) is 5.69 Å². The highest BCUT2D eigenvalue weighted by Gasteiger charge is 2.26. The van der Waals surface area contributed by atoms with Gasteiger partial charge in [0.1, 0.15) is 0 Å². The molecule has 2 amide bonds. The van der Waals surface area contributed by atoms with E-state index < -0.39 is 5.91 Å². The average Bonchev–Trinajstić information content (AvgIpc) is 3.02. The van der Waals surface area contributed by atoms with Gasteiger partial charge in [0.2, 0.25) is 5.91 Å². The number of amides is 2. The number of aromatic nitrogens is 2. The Labute approximate surface area is 128 Å². The molecule has 3 N–H and O–H groups in total. The Morgan fingerprint density at radius 3 is 3.05 bits per heavy atom. The van der Waals surface area contributed by atoms with Crippen LogP contribution < -0.4 is 5.73 Å². The molecule has 1 atom stereocenters. The van der Waals surface area contributed by atoms with Crippen LogP contribution in [-0.4, -0.2) is 39.8 Å². The van der Waals surface area contributed by atoms with Crippen molar-refractivity contribution in [1.29, 1.82) is 0 Å². The normalized spacial score (nSPS) is 18.4. The highest BCUT2D eigenvalue weighted by atomic mass is 16.2. The lowest BCUT2D eigenvalue weighted by atomic mass is 9.89. The van der Waals surface area contributed by atoms with E-state index in [1.807, 2.05) is 11.0 Å². The maximum absolute atomic E-state index is 11.8. The average molecular weight is 298 g/mol. The van der Waals surface area contributed by atoms with Gasteiger partial charge in [-0.25, -0.2) is 4.98 Å². The van der Waals surface area contributed by atoms with E-state index in [9.17, 15) is 9.59 Å². The van der Waals surface area contributed by atoms with Crippen molar-refractivity contribution < 1.29 is 9.59 Å². The monoisotopic (exact) mass is 298 g/mol. The summed E-state index contributed by atoms with van der Waals surface area (Å²) in [5.41, 5.74) is 7.32. The molecule has 3 heterocycles. The first-order valence-corrected chi connectivity index (χ1v) is 7.29. The van der Waals surface area contributed by atoms with E-state index in [-0.39, 0.29) is 17.5 Å². The van der Waals surface area contributed by atoms with Crippen LogP contribution in [0.1, 0.15) is 34.8 Å². The van der Waals surface area contributed by atoms with Gasteiger partial charge in [-0.05, 0) is 30.5 Å². The molecule has 0 aliphatic carbocycles. The van der Waals surface area contributed by atoms with Crippen molar-refractivity contribution in [2.45, 2.75) is 18.8 Å². The Balaban J connectivity index is 1.98. The first-order valence-electron chi connectivity index (χ1n) is 7.29. The van der Waals surface area contributed by atoms with Crippen LogP contribution in [0.5, 0.6) is 0 Å². The number of likely N-dealkylation sites (tertiary alicyclic amines) is 1. The van der Waals surface area contributed by atoms with E-state index in [1.165, 1.54) is 6.08 Å². The van der Waals surface area contributed by atoms with Crippen molar-refractivity contribution >= 4 is 22.7 Å². The topological polar surface area (TPSA) is 92.1 Å². The smallest absolute Gasteiger partial charge is 0.269 e. The van der Waals surface area contributed by atoms with Gasteiger partial charge in [0.05, 0.1) is 5.52 Å². The summed E-state index contributed by atoms with van der Waals surface area (Å²) in [5.74, 6) is -0.395. The molecule has 6 nitrogen and oxygen atoms in total. The Bertz CT molecular complexity index is 750. The summed E-state index contributed by atoms with van der Waals surface area (Å²) in [6.07, 6.45) is 6.76. The second-order valence-corrected chi connectivity index (χ2v) is 5.52. The third kappa shape index (κ3) is 2.36. The fourth-order valence-electron chi connectivity index (χ4n) is 3.15. The van der Waals surface area contributed by atoms with Crippen molar-refractivity contribution in [3.05, 3.63) is 42.4 Å². The van der Waals surface area contributed by atoms with Crippen LogP contribution in [0.2, 0.25) is 0 Å². The minimum atomic E-state index is -0.550. The molecule has 22 heavy (non-hydrogen) atoms. The summed E-state index contributed by atoms with van der Waals surface area (Å²) < 4.78 is 0. The molecule has 0 aromatic carbocycles. The Morgan fingerprint density at radius 2 is 2.32 bits per heavy atom. The summed E-state index contributed by atoms with van der Waals surface area (Å²) in [6, 6.07) is 1.92. The Kier molecular flexibility index (Phi) is 3.66. The van der Waals surface area contributed by atoms with Gasteiger partial charge in [0, 0.05) is 36.8 Å². The van der Waals surface area contributed by atoms with Gasteiger partial charge in [-0.1, -0.05) is 6.58 Å². The van der Waals surface area contributed by atoms with Crippen molar-refractivity contribution in [1.82, 2.24) is 14.9 Å². The van der Waals surface area contributed by atoms with Gasteiger partial charge in [-0.3, -0.25) is 9.59 Å². The minimum absolute atomic E-state index is 0.0447. The molecule has 1 fully saturated rings. The fourth-order valence-corrected chi connectivity index (χ4v) is 3.15. The van der Waals surface area contributed by atoms with Gasteiger partial charge in [-0.15, -0.1) is 0 Å². The van der Waals surface area contributed by atoms with Gasteiger partial charge in [0.25, 0.3) is 5.91 Å². The number of primary amides is 1. The van der Waals surface area contributed by atoms with Crippen LogP contribution in [0.3, 0.4) is 0 Å². The molecule has 0 unspecified atom stereocenters. The van der Waals surface area contributed by atoms with Crippen molar-refractivity contribution in [3.8, 4) is 0 Å². The highest BCUT2D eigenvalue weighted by Crippen LogP contribution is 2.32. The zero-order valence-corrected chi connectivity index (χ0v) is 12.2. The predicted molar refractivity (Wildman–Crippen MR) is 83.4 cm³/mol. The lowest BCUT2D eigenvalue weighted by molar-refractivity contribution is -0.127. The highest BCUT2D eigenvalue weighted by molar-refractivity contribution is 6.03. The SMILES string of the molecule is C=CC(=O)N1CCC[C@@H](c2cnc(C(N)=O)c3[nH]ccc23)C1. The molecular weight excluding hydrogens is 280 g/mol. The van der Waals surface area contributed by atoms with E-state index in [2.05, 4.69) is 16.5 Å². The van der Waals surface area contributed by atoms with Crippen LogP contribution in [0.25, 0.3) is 10.9 Å². The number of hydrogen-bond donors (Lipinski definition) is 2. The lowest BCUT2D eigenvalue weighted by Crippen LogP contribution is -2.38. The summed E-state index contributed by atoms with van der Waals surface area (Å²) in [6.45, 7) is 4.94. The molecule has 1 saturated heterocycles. The van der Waals surface area contributed by atoms with Gasteiger partial charge >= 0.3 is 0 Å². The molecule has 6 heteroatoms. The number of carbonyl (C=O) groups is 2. The number of pyridine rings is 1. The number of hydrogen-bond acceptors (Lipinski definition) is 3. The fraction of sp³-hybridized carbons (Fsp3) is 0.312. The summed E-state index contributed by atoms with van der Waals surface area (Å²) in [7, 11) is 0. The molecule has 1 aliphatic rings. The Morgan fingerprint density at radius 1 is 1.50 bits per heavy atom. The summed E-state index contributed by atoms with van der Waals surface area (Å²) >= 11 is 0. The van der Waals surface area contributed by atoms with Crippen molar-refractivity contribution in [2.75, 3.05) is 13.1 Å². The Hall–Kier alpha value is -2.63. The van der Waals surface area contributed by atoms with E-state index in [0.717, 1.165) is 30.3 Å². The first kappa shape index (κ1) is 14.3. The lowest BCUT2D eigenvalue weighted by Gasteiger charge is -2.32. The van der Waals surface area contributed by atoms with Gasteiger partial charge in [-0.2, -0.15) is 0 Å². The largest absolute Gasteiger partial charge is 0.364 e. The number of nitrogens with zero attached hydrogens (tertiary/aromatic N) is 2. The van der Waals surface area contributed by atoms with Crippen molar-refractivity contribution in [3.63, 3.8) is 0 Å². The molecule has 0 bridgehead atoms. The zero-order valence-electron chi connectivity index (χ0n) is 12.2. The van der Waals surface area contributed by atoms with Crippen LogP contribution in [-0.2, 0) is 4.79 Å². The maximum atomic E-state index is 11.8. The zero-order chi connectivity index (χ0) is 15.7. The molecule has 2 aromatic heterocycles. The number of aromatic amines is 1. The van der Waals surface area contributed by atoms with E-state index in [4.69, 9.17) is 5.73 Å². The summed E-state index contributed by atoms with van der Waals surface area (Å²) in [5, 5.41) is 0.946. The third-order valence-electron chi connectivity index (χ3n) is 4.21. The van der Waals surface area contributed by atoms with Crippen LogP contribution in [0, 0.1) is 0 Å². The van der Waals surface area contributed by atoms with E-state index >= 15 is 0 Å². The first-order chi connectivity index (χ1) is 10.6. The van der Waals surface area contributed by atoms with Crippen LogP contribution in [0.4, 0.5) is 0 Å². The number of fused-ring (bicyclic) bond motifs is 1. The van der Waals surface area contributed by atoms with Crippen LogP contribution >= 0.6 is 0 Å². The molecule has 0 spiro atoms. The number of H-pyrrole nitrogens is 1. The number of piperidine rings is 1. The minimum Gasteiger partial charge on any atom is -0.364 e. The standard InChI is InChI=1S/C16H18N4O2/c1-2-13(21)20-7-3-4-10(9-20)12-8-19-15(16(17)22)14-11(12)5-6-18-14/h2,5-6,8,10,18H,1,3-4,7,9H2,(H2,17,22)/t10-/m1/s1. The molecular formula is C16H18N4O2. The molecule has 0 saturated carbocycles. The second kappa shape index (κ2) is 5.63. The number of nitrogens with one attached hydrogen (secondary N) is 1. The van der Waals surface area contributed by atoms with Gasteiger partial charge < -0.3 is 15.6 Å². The third-order valence-corrected chi connectivity index (χ3v) is 4.21. The molecule has 114 valence electrons. The number of carbonyl (C=O) groups excluding carboxylic acids is 2. The molecule has 0 radical (unpaired) electrons. The number of nitrogens with two attached hydrogens (primary N) is 1. The van der Waals surface area contributed by atoms with Crippen LogP contribution in [0.15, 0.2) is 31.1 Å². The summed E-state index contributed by atoms with van der Waals surface area (Å²) in [4.78, 5) is 32.3. The van der Waals surface area contributed by atoms with Crippen molar-refractivity contribution in [2.24, 2.45) is 5.73 Å². The maximum Gasteiger partial charge on any atom is 0.269 e. The molecule has 2 aromatic rings. The predicted octanol–water partition coefficient (Wildman–Crippen LogP) is 1.55. The van der Waals surface area contributed by atoms with E-state index in [1.54, 1.807) is 12.4 Å². The quantitative estimate of drug-likeness (QED) is 0.842. The molecule has 3 rings (SSSR count). The number of rotatable bonds is 3. The molecule has 1 aliphatic heterocycles. The second-order valence-electron chi connectivity index (χ2n) is 5.52.